The minimum absolute atomic E-state index is 0.260. The van der Waals surface area contributed by atoms with E-state index in [0.717, 1.165) is 16.9 Å². The van der Waals surface area contributed by atoms with Crippen LogP contribution >= 0.6 is 11.3 Å². The number of thiazole rings is 1. The standard InChI is InChI=1S/C12H8N4O3S/c17-12(18)15-11-14-8(7-4-2-1-3-5-7)9(20-11)10-13-6-19-16-10/h1-6H,(H,14,15)(H,17,18). The average molecular weight is 288 g/mol. The number of hydrogen-bond donors (Lipinski definition) is 2. The Morgan fingerprint density at radius 3 is 2.75 bits per heavy atom. The molecule has 0 spiro atoms. The summed E-state index contributed by atoms with van der Waals surface area (Å²) < 4.78 is 4.73. The minimum atomic E-state index is -1.17. The summed E-state index contributed by atoms with van der Waals surface area (Å²) in [6.07, 6.45) is 0.0479. The summed E-state index contributed by atoms with van der Waals surface area (Å²) in [4.78, 5) is 19.6. The summed E-state index contributed by atoms with van der Waals surface area (Å²) in [6, 6.07) is 9.39. The zero-order valence-electron chi connectivity index (χ0n) is 9.98. The number of nitrogens with zero attached hydrogens (tertiary/aromatic N) is 3. The Hall–Kier alpha value is -2.74. The van der Waals surface area contributed by atoms with Crippen molar-refractivity contribution in [1.29, 1.82) is 0 Å². The van der Waals surface area contributed by atoms with Crippen molar-refractivity contribution in [3.05, 3.63) is 36.7 Å². The number of aromatic nitrogens is 3. The van der Waals surface area contributed by atoms with E-state index in [1.807, 2.05) is 30.3 Å². The van der Waals surface area contributed by atoms with Crippen LogP contribution in [0.25, 0.3) is 22.0 Å². The van der Waals surface area contributed by atoms with E-state index >= 15 is 0 Å². The normalized spacial score (nSPS) is 10.4. The summed E-state index contributed by atoms with van der Waals surface area (Å²) in [5.74, 6) is 0.375. The fourth-order valence-electron chi connectivity index (χ4n) is 1.68. The van der Waals surface area contributed by atoms with Crippen LogP contribution < -0.4 is 5.32 Å². The summed E-state index contributed by atoms with van der Waals surface area (Å²) in [7, 11) is 0. The van der Waals surface area contributed by atoms with E-state index in [2.05, 4.69) is 20.4 Å². The van der Waals surface area contributed by atoms with Crippen molar-refractivity contribution >= 4 is 22.6 Å². The second kappa shape index (κ2) is 5.10. The van der Waals surface area contributed by atoms with Gasteiger partial charge in [0.05, 0.1) is 5.69 Å². The molecule has 0 unspecified atom stereocenters. The molecule has 2 N–H and O–H groups in total. The topological polar surface area (TPSA) is 101 Å². The van der Waals surface area contributed by atoms with E-state index < -0.39 is 6.09 Å². The van der Waals surface area contributed by atoms with Gasteiger partial charge in [0.2, 0.25) is 12.2 Å². The van der Waals surface area contributed by atoms with E-state index in [-0.39, 0.29) is 5.13 Å². The summed E-state index contributed by atoms with van der Waals surface area (Å²) in [5.41, 5.74) is 1.46. The number of amides is 1. The molecule has 0 aliphatic rings. The van der Waals surface area contributed by atoms with Crippen LogP contribution in [0.2, 0.25) is 0 Å². The zero-order chi connectivity index (χ0) is 13.9. The van der Waals surface area contributed by atoms with Crippen molar-refractivity contribution in [1.82, 2.24) is 15.1 Å². The first-order chi connectivity index (χ1) is 9.74. The molecule has 0 radical (unpaired) electrons. The molecule has 3 rings (SSSR count). The first-order valence-electron chi connectivity index (χ1n) is 5.57. The monoisotopic (exact) mass is 288 g/mol. The van der Waals surface area contributed by atoms with Crippen molar-refractivity contribution in [2.24, 2.45) is 0 Å². The summed E-state index contributed by atoms with van der Waals surface area (Å²) in [5, 5.41) is 15.0. The number of carboxylic acid groups (broad SMARTS) is 1. The highest BCUT2D eigenvalue weighted by Gasteiger charge is 2.18. The van der Waals surface area contributed by atoms with Gasteiger partial charge in [-0.3, -0.25) is 5.32 Å². The van der Waals surface area contributed by atoms with E-state index in [1.54, 1.807) is 0 Å². The zero-order valence-corrected chi connectivity index (χ0v) is 10.8. The van der Waals surface area contributed by atoms with Gasteiger partial charge in [-0.1, -0.05) is 46.8 Å². The van der Waals surface area contributed by atoms with Crippen LogP contribution in [0.1, 0.15) is 0 Å². The van der Waals surface area contributed by atoms with Gasteiger partial charge in [-0.05, 0) is 0 Å². The fraction of sp³-hybridized carbons (Fsp3) is 0. The van der Waals surface area contributed by atoms with Crippen molar-refractivity contribution in [2.75, 3.05) is 5.32 Å². The fourth-order valence-corrected chi connectivity index (χ4v) is 2.59. The SMILES string of the molecule is O=C(O)Nc1nc(-c2ccccc2)c(-c2ncon2)s1. The highest BCUT2D eigenvalue weighted by molar-refractivity contribution is 7.19. The van der Waals surface area contributed by atoms with Gasteiger partial charge < -0.3 is 9.63 Å². The third-order valence-electron chi connectivity index (χ3n) is 2.45. The number of nitrogens with one attached hydrogen (secondary N) is 1. The third-order valence-corrected chi connectivity index (χ3v) is 3.42. The van der Waals surface area contributed by atoms with Gasteiger partial charge in [0.25, 0.3) is 0 Å². The lowest BCUT2D eigenvalue weighted by Gasteiger charge is -1.97. The number of benzene rings is 1. The van der Waals surface area contributed by atoms with Crippen LogP contribution in [0.15, 0.2) is 41.2 Å². The third kappa shape index (κ3) is 2.36. The Kier molecular flexibility index (Phi) is 3.13. The van der Waals surface area contributed by atoms with Crippen LogP contribution in [0.3, 0.4) is 0 Å². The molecule has 3 aromatic rings. The molecule has 2 aromatic heterocycles. The van der Waals surface area contributed by atoms with Crippen LogP contribution in [0.4, 0.5) is 9.93 Å². The molecule has 20 heavy (non-hydrogen) atoms. The maximum atomic E-state index is 10.7. The van der Waals surface area contributed by atoms with Crippen LogP contribution in [0, 0.1) is 0 Å². The second-order valence-corrected chi connectivity index (χ2v) is 4.75. The van der Waals surface area contributed by atoms with Gasteiger partial charge in [-0.25, -0.2) is 9.78 Å². The first-order valence-corrected chi connectivity index (χ1v) is 6.38. The molecule has 2 heterocycles. The lowest BCUT2D eigenvalue weighted by atomic mass is 10.1. The van der Waals surface area contributed by atoms with E-state index in [1.165, 1.54) is 6.39 Å². The van der Waals surface area contributed by atoms with Gasteiger partial charge in [0, 0.05) is 5.56 Å². The molecular weight excluding hydrogens is 280 g/mol. The highest BCUT2D eigenvalue weighted by atomic mass is 32.1. The molecule has 0 saturated heterocycles. The Labute approximate surface area is 116 Å². The summed E-state index contributed by atoms with van der Waals surface area (Å²) >= 11 is 1.15. The predicted octanol–water partition coefficient (Wildman–Crippen LogP) is 2.95. The van der Waals surface area contributed by atoms with Crippen LogP contribution in [-0.4, -0.2) is 26.3 Å². The predicted molar refractivity (Wildman–Crippen MR) is 72.5 cm³/mol. The Balaban J connectivity index is 2.11. The van der Waals surface area contributed by atoms with Crippen molar-refractivity contribution in [2.45, 2.75) is 0 Å². The van der Waals surface area contributed by atoms with Gasteiger partial charge in [0.1, 0.15) is 4.88 Å². The van der Waals surface area contributed by atoms with E-state index in [0.29, 0.717) is 16.4 Å². The molecule has 0 aliphatic heterocycles. The van der Waals surface area contributed by atoms with Gasteiger partial charge >= 0.3 is 6.09 Å². The molecule has 0 atom stereocenters. The van der Waals surface area contributed by atoms with Gasteiger partial charge in [-0.2, -0.15) is 4.98 Å². The molecule has 1 amide bonds. The molecule has 1 aromatic carbocycles. The Morgan fingerprint density at radius 1 is 1.30 bits per heavy atom. The number of anilines is 1. The van der Waals surface area contributed by atoms with E-state index in [4.69, 9.17) is 9.63 Å². The molecule has 8 heteroatoms. The average Bonchev–Trinajstić information content (AvgIpc) is 3.07. The Morgan fingerprint density at radius 2 is 2.10 bits per heavy atom. The maximum Gasteiger partial charge on any atom is 0.410 e. The summed E-state index contributed by atoms with van der Waals surface area (Å²) in [6.45, 7) is 0. The molecule has 0 fully saturated rings. The lowest BCUT2D eigenvalue weighted by molar-refractivity contribution is 0.209. The number of carbonyl (C=O) groups is 1. The van der Waals surface area contributed by atoms with Gasteiger partial charge in [-0.15, -0.1) is 0 Å². The lowest BCUT2D eigenvalue weighted by Crippen LogP contribution is -2.06. The minimum Gasteiger partial charge on any atom is -0.465 e. The molecule has 7 nitrogen and oxygen atoms in total. The second-order valence-electron chi connectivity index (χ2n) is 3.75. The van der Waals surface area contributed by atoms with Crippen molar-refractivity contribution in [3.8, 4) is 22.0 Å². The molecule has 0 bridgehead atoms. The first kappa shape index (κ1) is 12.3. The highest BCUT2D eigenvalue weighted by Crippen LogP contribution is 2.37. The van der Waals surface area contributed by atoms with Crippen LogP contribution in [0.5, 0.6) is 0 Å². The van der Waals surface area contributed by atoms with E-state index in [9.17, 15) is 4.79 Å². The van der Waals surface area contributed by atoms with Crippen LogP contribution in [-0.2, 0) is 0 Å². The largest absolute Gasteiger partial charge is 0.465 e. The molecule has 0 aliphatic carbocycles. The number of rotatable bonds is 3. The maximum absolute atomic E-state index is 10.7. The molecule has 100 valence electrons. The Bertz CT molecular complexity index is 725. The quantitative estimate of drug-likeness (QED) is 0.768. The van der Waals surface area contributed by atoms with Gasteiger partial charge in [0.15, 0.2) is 5.13 Å². The number of hydrogen-bond acceptors (Lipinski definition) is 6. The smallest absolute Gasteiger partial charge is 0.410 e. The molecule has 0 saturated carbocycles. The molecular formula is C12H8N4O3S. The van der Waals surface area contributed by atoms with Crippen molar-refractivity contribution in [3.63, 3.8) is 0 Å². The van der Waals surface area contributed by atoms with Crippen molar-refractivity contribution < 1.29 is 14.4 Å².